The minimum absolute atomic E-state index is 0.0683. The molecule has 0 bridgehead atoms. The van der Waals surface area contributed by atoms with Crippen LogP contribution in [0.4, 0.5) is 5.69 Å². The predicted molar refractivity (Wildman–Crippen MR) is 104 cm³/mol. The number of carbonyl (C=O) groups is 2. The number of aromatic nitrogens is 2. The fraction of sp³-hybridized carbons (Fsp3) is 0.476. The van der Waals surface area contributed by atoms with Crippen molar-refractivity contribution in [1.29, 1.82) is 0 Å². The van der Waals surface area contributed by atoms with Gasteiger partial charge in [0, 0.05) is 55.5 Å². The molecule has 142 valence electrons. The summed E-state index contributed by atoms with van der Waals surface area (Å²) < 4.78 is 0. The number of hydrogen-bond acceptors (Lipinski definition) is 4. The molecule has 2 heterocycles. The first-order chi connectivity index (χ1) is 13.0. The first-order valence-corrected chi connectivity index (χ1v) is 9.70. The molecule has 1 atom stereocenters. The third-order valence-electron chi connectivity index (χ3n) is 5.74. The third kappa shape index (κ3) is 3.61. The van der Waals surface area contributed by atoms with E-state index in [1.165, 1.54) is 0 Å². The molecule has 0 saturated carbocycles. The summed E-state index contributed by atoms with van der Waals surface area (Å²) in [4.78, 5) is 36.5. The number of hydrogen-bond donors (Lipinski definition) is 1. The number of benzene rings is 1. The zero-order chi connectivity index (χ0) is 19.0. The number of rotatable bonds is 3. The maximum Gasteiger partial charge on any atom is 0.226 e. The van der Waals surface area contributed by atoms with Crippen LogP contribution in [0.1, 0.15) is 40.9 Å². The molecule has 1 aliphatic carbocycles. The molecular weight excluding hydrogens is 340 g/mol. The number of ketones is 1. The highest BCUT2D eigenvalue weighted by atomic mass is 16.2. The summed E-state index contributed by atoms with van der Waals surface area (Å²) in [5.74, 6) is 1.37. The molecule has 2 aromatic rings. The Labute approximate surface area is 159 Å². The maximum absolute atomic E-state index is 13.0. The first kappa shape index (κ1) is 17.8. The van der Waals surface area contributed by atoms with Gasteiger partial charge in [-0.1, -0.05) is 0 Å². The number of carbonyl (C=O) groups excluding carboxylic acids is 2. The zero-order valence-corrected chi connectivity index (χ0v) is 16.0. The Morgan fingerprint density at radius 1 is 1.11 bits per heavy atom. The van der Waals surface area contributed by atoms with Gasteiger partial charge in [-0.05, 0) is 51.0 Å². The summed E-state index contributed by atoms with van der Waals surface area (Å²) in [5, 5.41) is 0. The number of aromatic amines is 1. The first-order valence-electron chi connectivity index (χ1n) is 9.70. The normalized spacial score (nSPS) is 19.7. The van der Waals surface area contributed by atoms with Crippen LogP contribution < -0.4 is 4.90 Å². The minimum atomic E-state index is 0.0683. The number of fused-ring (bicyclic) bond motifs is 1. The van der Waals surface area contributed by atoms with Gasteiger partial charge in [-0.25, -0.2) is 4.98 Å². The lowest BCUT2D eigenvalue weighted by Gasteiger charge is -2.38. The molecule has 1 aromatic carbocycles. The van der Waals surface area contributed by atoms with Crippen molar-refractivity contribution in [3.05, 3.63) is 47.0 Å². The van der Waals surface area contributed by atoms with Gasteiger partial charge >= 0.3 is 0 Å². The van der Waals surface area contributed by atoms with E-state index in [1.807, 2.05) is 36.1 Å². The fourth-order valence-corrected chi connectivity index (χ4v) is 4.18. The highest BCUT2D eigenvalue weighted by Gasteiger charge is 2.31. The van der Waals surface area contributed by atoms with E-state index in [1.54, 1.807) is 6.92 Å². The molecule has 4 rings (SSSR count). The number of aryl methyl sites for hydroxylation is 2. The van der Waals surface area contributed by atoms with Crippen LogP contribution in [0.15, 0.2) is 24.3 Å². The predicted octanol–water partition coefficient (Wildman–Crippen LogP) is 2.37. The van der Waals surface area contributed by atoms with Gasteiger partial charge in [-0.15, -0.1) is 0 Å². The van der Waals surface area contributed by atoms with Crippen molar-refractivity contribution < 1.29 is 9.59 Å². The number of H-pyrrole nitrogens is 1. The van der Waals surface area contributed by atoms with E-state index in [9.17, 15) is 9.59 Å². The Morgan fingerprint density at radius 2 is 1.81 bits per heavy atom. The van der Waals surface area contributed by atoms with E-state index in [4.69, 9.17) is 0 Å². The number of Topliss-reactive ketones (excluding diaryl/α,β-unsaturated/α-hetero) is 1. The summed E-state index contributed by atoms with van der Waals surface area (Å²) in [6.45, 7) is 6.70. The highest BCUT2D eigenvalue weighted by molar-refractivity contribution is 5.94. The molecule has 6 nitrogen and oxygen atoms in total. The topological polar surface area (TPSA) is 69.3 Å². The van der Waals surface area contributed by atoms with Gasteiger partial charge in [-0.3, -0.25) is 9.59 Å². The van der Waals surface area contributed by atoms with E-state index in [0.717, 1.165) is 73.9 Å². The van der Waals surface area contributed by atoms with Gasteiger partial charge < -0.3 is 14.8 Å². The number of nitrogens with zero attached hydrogens (tertiary/aromatic N) is 3. The van der Waals surface area contributed by atoms with Crippen LogP contribution in [0.2, 0.25) is 0 Å². The van der Waals surface area contributed by atoms with Gasteiger partial charge in [0.05, 0.1) is 5.69 Å². The second kappa shape index (κ2) is 7.18. The molecule has 1 N–H and O–H groups in total. The number of piperazine rings is 1. The van der Waals surface area contributed by atoms with Crippen molar-refractivity contribution >= 4 is 17.4 Å². The average molecular weight is 366 g/mol. The molecule has 6 heteroatoms. The van der Waals surface area contributed by atoms with Gasteiger partial charge in [0.2, 0.25) is 5.91 Å². The molecule has 1 unspecified atom stereocenters. The van der Waals surface area contributed by atoms with Gasteiger partial charge in [0.25, 0.3) is 0 Å². The molecule has 0 radical (unpaired) electrons. The third-order valence-corrected chi connectivity index (χ3v) is 5.74. The second-order valence-electron chi connectivity index (χ2n) is 7.60. The van der Waals surface area contributed by atoms with Crippen molar-refractivity contribution in [2.75, 3.05) is 31.1 Å². The van der Waals surface area contributed by atoms with E-state index in [-0.39, 0.29) is 17.6 Å². The standard InChI is InChI=1S/C21H26N4O2/c1-14(26)16-3-6-18(7-4-16)24-9-11-25(12-10-24)21(27)17-5-8-19-20(13-17)23-15(2)22-19/h3-4,6-7,17H,5,8-13H2,1-2H3,(H,22,23). The molecule has 1 aliphatic heterocycles. The van der Waals surface area contributed by atoms with Crippen LogP contribution >= 0.6 is 0 Å². The van der Waals surface area contributed by atoms with Gasteiger partial charge in [0.1, 0.15) is 5.82 Å². The Morgan fingerprint density at radius 3 is 2.48 bits per heavy atom. The van der Waals surface area contributed by atoms with Crippen LogP contribution in [-0.4, -0.2) is 52.7 Å². The number of imidazole rings is 1. The minimum Gasteiger partial charge on any atom is -0.368 e. The second-order valence-corrected chi connectivity index (χ2v) is 7.60. The molecule has 27 heavy (non-hydrogen) atoms. The Bertz CT molecular complexity index is 848. The zero-order valence-electron chi connectivity index (χ0n) is 16.0. The van der Waals surface area contributed by atoms with Crippen LogP contribution in [0.3, 0.4) is 0 Å². The summed E-state index contributed by atoms with van der Waals surface area (Å²) in [7, 11) is 0. The summed E-state index contributed by atoms with van der Waals surface area (Å²) in [6.07, 6.45) is 2.56. The molecule has 1 fully saturated rings. The number of anilines is 1. The molecule has 1 saturated heterocycles. The summed E-state index contributed by atoms with van der Waals surface area (Å²) in [6, 6.07) is 7.75. The summed E-state index contributed by atoms with van der Waals surface area (Å²) in [5.41, 5.74) is 4.12. The molecular formula is C21H26N4O2. The Balaban J connectivity index is 1.35. The van der Waals surface area contributed by atoms with Crippen LogP contribution in [0, 0.1) is 12.8 Å². The van der Waals surface area contributed by atoms with Crippen LogP contribution in [0.5, 0.6) is 0 Å². The van der Waals surface area contributed by atoms with Crippen molar-refractivity contribution in [3.8, 4) is 0 Å². The monoisotopic (exact) mass is 366 g/mol. The molecule has 1 aromatic heterocycles. The Kier molecular flexibility index (Phi) is 4.72. The smallest absolute Gasteiger partial charge is 0.226 e. The molecule has 1 amide bonds. The number of amides is 1. The number of nitrogens with one attached hydrogen (secondary N) is 1. The fourth-order valence-electron chi connectivity index (χ4n) is 4.18. The van der Waals surface area contributed by atoms with Gasteiger partial charge in [-0.2, -0.15) is 0 Å². The summed E-state index contributed by atoms with van der Waals surface area (Å²) >= 11 is 0. The van der Waals surface area contributed by atoms with E-state index in [0.29, 0.717) is 0 Å². The van der Waals surface area contributed by atoms with Crippen LogP contribution in [0.25, 0.3) is 0 Å². The van der Waals surface area contributed by atoms with E-state index in [2.05, 4.69) is 14.9 Å². The molecule has 2 aliphatic rings. The lowest BCUT2D eigenvalue weighted by atomic mass is 9.88. The SMILES string of the molecule is CC(=O)c1ccc(N2CCN(C(=O)C3CCc4nc(C)[nH]c4C3)CC2)cc1. The lowest BCUT2D eigenvalue weighted by Crippen LogP contribution is -2.51. The van der Waals surface area contributed by atoms with E-state index < -0.39 is 0 Å². The highest BCUT2D eigenvalue weighted by Crippen LogP contribution is 2.26. The van der Waals surface area contributed by atoms with Crippen molar-refractivity contribution in [2.45, 2.75) is 33.1 Å². The quantitative estimate of drug-likeness (QED) is 0.847. The Hall–Kier alpha value is -2.63. The van der Waals surface area contributed by atoms with Crippen molar-refractivity contribution in [2.24, 2.45) is 5.92 Å². The average Bonchev–Trinajstić information content (AvgIpc) is 3.07. The van der Waals surface area contributed by atoms with Crippen LogP contribution in [-0.2, 0) is 17.6 Å². The van der Waals surface area contributed by atoms with Crippen molar-refractivity contribution in [1.82, 2.24) is 14.9 Å². The van der Waals surface area contributed by atoms with E-state index >= 15 is 0 Å². The van der Waals surface area contributed by atoms with Gasteiger partial charge in [0.15, 0.2) is 5.78 Å². The largest absolute Gasteiger partial charge is 0.368 e. The maximum atomic E-state index is 13.0. The lowest BCUT2D eigenvalue weighted by molar-refractivity contribution is -0.136. The molecule has 0 spiro atoms. The van der Waals surface area contributed by atoms with Crippen molar-refractivity contribution in [3.63, 3.8) is 0 Å².